The van der Waals surface area contributed by atoms with Gasteiger partial charge in [0, 0.05) is 5.69 Å². The molecule has 0 aliphatic carbocycles. The summed E-state index contributed by atoms with van der Waals surface area (Å²) in [5, 5.41) is 2.47. The summed E-state index contributed by atoms with van der Waals surface area (Å²) in [5.74, 6) is -1.20. The van der Waals surface area contributed by atoms with Gasteiger partial charge in [0.2, 0.25) is 0 Å². The van der Waals surface area contributed by atoms with E-state index in [4.69, 9.17) is 16.3 Å². The summed E-state index contributed by atoms with van der Waals surface area (Å²) >= 11 is 5.85. The largest absolute Gasteiger partial charge is 0.457 e. The number of anilines is 1. The summed E-state index contributed by atoms with van der Waals surface area (Å²) in [6, 6.07) is 14.2. The molecule has 1 N–H and O–H groups in total. The van der Waals surface area contributed by atoms with Gasteiger partial charge in [-0.05, 0) is 54.6 Å². The zero-order valence-electron chi connectivity index (χ0n) is 14.1. The lowest BCUT2D eigenvalue weighted by Crippen LogP contribution is -2.14. The second-order valence-electron chi connectivity index (χ2n) is 5.70. The lowest BCUT2D eigenvalue weighted by atomic mass is 10.2. The first-order valence-electron chi connectivity index (χ1n) is 7.94. The zero-order chi connectivity index (χ0) is 20.3. The van der Waals surface area contributed by atoms with Crippen LogP contribution in [0.25, 0.3) is 0 Å². The average Bonchev–Trinajstić information content (AvgIpc) is 2.63. The molecule has 0 atom stereocenters. The summed E-state index contributed by atoms with van der Waals surface area (Å²) < 4.78 is 57.4. The molecule has 3 nitrogen and oxygen atoms in total. The molecule has 0 aliphatic heterocycles. The number of carbonyl (C=O) groups excluding carboxylic acids is 1. The van der Waals surface area contributed by atoms with Crippen molar-refractivity contribution in [2.75, 3.05) is 5.32 Å². The van der Waals surface area contributed by atoms with E-state index in [1.54, 1.807) is 0 Å². The van der Waals surface area contributed by atoms with Gasteiger partial charge in [-0.1, -0.05) is 23.7 Å². The van der Waals surface area contributed by atoms with Gasteiger partial charge in [-0.2, -0.15) is 13.2 Å². The maximum Gasteiger partial charge on any atom is 0.416 e. The molecular weight excluding hydrogens is 398 g/mol. The molecule has 3 aromatic rings. The fourth-order valence-corrected chi connectivity index (χ4v) is 2.64. The van der Waals surface area contributed by atoms with Crippen molar-refractivity contribution in [3.8, 4) is 11.5 Å². The maximum atomic E-state index is 13.8. The molecule has 144 valence electrons. The Hall–Kier alpha value is -3.06. The average molecular weight is 410 g/mol. The molecule has 0 saturated carbocycles. The molecule has 0 saturated heterocycles. The van der Waals surface area contributed by atoms with Crippen LogP contribution in [0.1, 0.15) is 15.9 Å². The Kier molecular flexibility index (Phi) is 5.56. The molecule has 3 aromatic carbocycles. The van der Waals surface area contributed by atoms with Crippen molar-refractivity contribution in [2.24, 2.45) is 0 Å². The van der Waals surface area contributed by atoms with E-state index in [0.717, 1.165) is 18.2 Å². The normalized spacial score (nSPS) is 11.2. The molecular formula is C20H12ClF4NO2. The molecule has 0 radical (unpaired) electrons. The fraction of sp³-hybridized carbons (Fsp3) is 0.0500. The van der Waals surface area contributed by atoms with Crippen molar-refractivity contribution >= 4 is 23.2 Å². The van der Waals surface area contributed by atoms with Crippen LogP contribution >= 0.6 is 11.6 Å². The molecule has 3 rings (SSSR count). The van der Waals surface area contributed by atoms with Gasteiger partial charge in [-0.25, -0.2) is 4.39 Å². The molecule has 0 heterocycles. The van der Waals surface area contributed by atoms with E-state index in [0.29, 0.717) is 5.69 Å². The van der Waals surface area contributed by atoms with Gasteiger partial charge in [-0.3, -0.25) is 4.79 Å². The second kappa shape index (κ2) is 7.90. The third-order valence-electron chi connectivity index (χ3n) is 3.70. The Balaban J connectivity index is 1.71. The highest BCUT2D eigenvalue weighted by Gasteiger charge is 2.30. The van der Waals surface area contributed by atoms with Crippen LogP contribution in [-0.2, 0) is 6.18 Å². The first-order valence-corrected chi connectivity index (χ1v) is 8.32. The summed E-state index contributed by atoms with van der Waals surface area (Å²) in [5.41, 5.74) is -0.773. The summed E-state index contributed by atoms with van der Waals surface area (Å²) in [4.78, 5) is 12.2. The molecule has 0 bridgehead atoms. The number of hydrogen-bond acceptors (Lipinski definition) is 2. The molecule has 1 amide bonds. The number of hydrogen-bond donors (Lipinski definition) is 1. The van der Waals surface area contributed by atoms with E-state index in [-0.39, 0.29) is 22.1 Å². The molecule has 0 aliphatic rings. The van der Waals surface area contributed by atoms with E-state index < -0.39 is 23.5 Å². The number of benzene rings is 3. The van der Waals surface area contributed by atoms with Crippen molar-refractivity contribution in [3.05, 3.63) is 88.7 Å². The summed E-state index contributed by atoms with van der Waals surface area (Å²) in [6.45, 7) is 0. The van der Waals surface area contributed by atoms with Gasteiger partial charge in [-0.15, -0.1) is 0 Å². The quantitative estimate of drug-likeness (QED) is 0.497. The minimum atomic E-state index is -4.47. The second-order valence-corrected chi connectivity index (χ2v) is 6.11. The minimum absolute atomic E-state index is 0.0183. The number of carbonyl (C=O) groups is 1. The van der Waals surface area contributed by atoms with E-state index in [1.165, 1.54) is 48.5 Å². The number of ether oxygens (including phenoxy) is 1. The lowest BCUT2D eigenvalue weighted by Gasteiger charge is -2.11. The predicted octanol–water partition coefficient (Wildman–Crippen LogP) is 6.54. The Morgan fingerprint density at radius 1 is 0.929 bits per heavy atom. The van der Waals surface area contributed by atoms with Crippen molar-refractivity contribution in [3.63, 3.8) is 0 Å². The number of amides is 1. The van der Waals surface area contributed by atoms with E-state index in [1.807, 2.05) is 0 Å². The summed E-state index contributed by atoms with van der Waals surface area (Å²) in [6.07, 6.45) is -4.47. The topological polar surface area (TPSA) is 38.3 Å². The standard InChI is InChI=1S/C20H12ClF4NO2/c21-16-5-2-6-17(22)18(16)19(27)26-13-7-9-14(10-8-13)28-15-4-1-3-12(11-15)20(23,24)25/h1-11H,(H,26,27). The van der Waals surface area contributed by atoms with Crippen LogP contribution in [0.2, 0.25) is 5.02 Å². The molecule has 0 unspecified atom stereocenters. The van der Waals surface area contributed by atoms with Gasteiger partial charge in [0.15, 0.2) is 0 Å². The van der Waals surface area contributed by atoms with Crippen LogP contribution in [0, 0.1) is 5.82 Å². The van der Waals surface area contributed by atoms with Crippen molar-refractivity contribution in [2.45, 2.75) is 6.18 Å². The monoisotopic (exact) mass is 409 g/mol. The Bertz CT molecular complexity index is 984. The van der Waals surface area contributed by atoms with Gasteiger partial charge in [0.25, 0.3) is 5.91 Å². The molecule has 0 aromatic heterocycles. The first kappa shape index (κ1) is 19.7. The molecule has 0 spiro atoms. The third-order valence-corrected chi connectivity index (χ3v) is 4.01. The highest BCUT2D eigenvalue weighted by molar-refractivity contribution is 6.34. The summed E-state index contributed by atoms with van der Waals surface area (Å²) in [7, 11) is 0. The predicted molar refractivity (Wildman–Crippen MR) is 97.3 cm³/mol. The fourth-order valence-electron chi connectivity index (χ4n) is 2.39. The Labute approximate surface area is 162 Å². The Morgan fingerprint density at radius 3 is 2.25 bits per heavy atom. The smallest absolute Gasteiger partial charge is 0.416 e. The molecule has 28 heavy (non-hydrogen) atoms. The Morgan fingerprint density at radius 2 is 1.61 bits per heavy atom. The highest BCUT2D eigenvalue weighted by atomic mass is 35.5. The van der Waals surface area contributed by atoms with Gasteiger partial charge < -0.3 is 10.1 Å². The first-order chi connectivity index (χ1) is 13.2. The van der Waals surface area contributed by atoms with Crippen molar-refractivity contribution in [1.82, 2.24) is 0 Å². The van der Waals surface area contributed by atoms with Crippen LogP contribution in [-0.4, -0.2) is 5.91 Å². The van der Waals surface area contributed by atoms with Gasteiger partial charge in [0.05, 0.1) is 16.1 Å². The lowest BCUT2D eigenvalue weighted by molar-refractivity contribution is -0.137. The van der Waals surface area contributed by atoms with Crippen LogP contribution < -0.4 is 10.1 Å². The number of alkyl halides is 3. The SMILES string of the molecule is O=C(Nc1ccc(Oc2cccc(C(F)(F)F)c2)cc1)c1c(F)cccc1Cl. The number of nitrogens with one attached hydrogen (secondary N) is 1. The van der Waals surface area contributed by atoms with Crippen LogP contribution in [0.4, 0.5) is 23.2 Å². The van der Waals surface area contributed by atoms with Crippen LogP contribution in [0.5, 0.6) is 11.5 Å². The van der Waals surface area contributed by atoms with Gasteiger partial charge in [0.1, 0.15) is 17.3 Å². The van der Waals surface area contributed by atoms with Gasteiger partial charge >= 0.3 is 6.18 Å². The number of halogens is 5. The molecule has 0 fully saturated rings. The van der Waals surface area contributed by atoms with Crippen LogP contribution in [0.15, 0.2) is 66.7 Å². The van der Waals surface area contributed by atoms with E-state index in [9.17, 15) is 22.4 Å². The van der Waals surface area contributed by atoms with Crippen LogP contribution in [0.3, 0.4) is 0 Å². The number of rotatable bonds is 4. The zero-order valence-corrected chi connectivity index (χ0v) is 14.8. The van der Waals surface area contributed by atoms with Crippen molar-refractivity contribution < 1.29 is 27.1 Å². The van der Waals surface area contributed by atoms with E-state index >= 15 is 0 Å². The highest BCUT2D eigenvalue weighted by Crippen LogP contribution is 2.33. The molecule has 8 heteroatoms. The maximum absolute atomic E-state index is 13.8. The van der Waals surface area contributed by atoms with E-state index in [2.05, 4.69) is 5.32 Å². The third kappa shape index (κ3) is 4.61. The van der Waals surface area contributed by atoms with Crippen molar-refractivity contribution in [1.29, 1.82) is 0 Å². The minimum Gasteiger partial charge on any atom is -0.457 e.